The van der Waals surface area contributed by atoms with E-state index >= 15 is 0 Å². The first kappa shape index (κ1) is 12.3. The Kier molecular flexibility index (Phi) is 2.70. The number of fused-ring (bicyclic) bond motifs is 1. The zero-order valence-corrected chi connectivity index (χ0v) is 11.5. The monoisotopic (exact) mass is 279 g/mol. The molecule has 7 heteroatoms. The summed E-state index contributed by atoms with van der Waals surface area (Å²) in [7, 11) is 0. The summed E-state index contributed by atoms with van der Waals surface area (Å²) in [6, 6.07) is 0. The Morgan fingerprint density at radius 1 is 1.53 bits per heavy atom. The molecule has 0 radical (unpaired) electrons. The number of hydrogen-bond acceptors (Lipinski definition) is 4. The summed E-state index contributed by atoms with van der Waals surface area (Å²) >= 11 is 5.84. The van der Waals surface area contributed by atoms with Crippen LogP contribution in [0, 0.1) is 5.92 Å². The molecule has 0 bridgehead atoms. The van der Waals surface area contributed by atoms with Gasteiger partial charge in [0.25, 0.3) is 0 Å². The molecular weight excluding hydrogens is 266 g/mol. The first-order valence-corrected chi connectivity index (χ1v) is 6.48. The van der Waals surface area contributed by atoms with Crippen LogP contribution in [-0.2, 0) is 11.3 Å². The van der Waals surface area contributed by atoms with Crippen molar-refractivity contribution in [2.45, 2.75) is 32.4 Å². The summed E-state index contributed by atoms with van der Waals surface area (Å²) in [6.07, 6.45) is 3.90. The van der Waals surface area contributed by atoms with Crippen LogP contribution in [0.15, 0.2) is 12.4 Å². The van der Waals surface area contributed by atoms with Gasteiger partial charge in [-0.1, -0.05) is 11.6 Å². The Bertz CT molecular complexity index is 651. The third-order valence-corrected chi connectivity index (χ3v) is 3.48. The third kappa shape index (κ3) is 2.28. The number of rotatable bonds is 2. The maximum atomic E-state index is 11.9. The maximum Gasteiger partial charge on any atom is 0.225 e. The lowest BCUT2D eigenvalue weighted by molar-refractivity contribution is -0.123. The van der Waals surface area contributed by atoms with Crippen molar-refractivity contribution < 1.29 is 4.79 Å². The number of nitrogens with one attached hydrogen (secondary N) is 1. The molecule has 0 spiro atoms. The van der Waals surface area contributed by atoms with Crippen molar-refractivity contribution in [2.75, 3.05) is 0 Å². The van der Waals surface area contributed by atoms with E-state index in [2.05, 4.69) is 20.4 Å². The van der Waals surface area contributed by atoms with E-state index in [1.54, 1.807) is 10.9 Å². The third-order valence-electron chi connectivity index (χ3n) is 3.30. The largest absolute Gasteiger partial charge is 0.351 e. The highest BCUT2D eigenvalue weighted by Crippen LogP contribution is 2.26. The van der Waals surface area contributed by atoms with Crippen LogP contribution < -0.4 is 5.32 Å². The first-order valence-electron chi connectivity index (χ1n) is 6.11. The molecule has 1 saturated heterocycles. The number of carbonyl (C=O) groups is 1. The molecule has 19 heavy (non-hydrogen) atoms. The van der Waals surface area contributed by atoms with E-state index in [-0.39, 0.29) is 17.4 Å². The van der Waals surface area contributed by atoms with Crippen molar-refractivity contribution in [1.29, 1.82) is 0 Å². The zero-order valence-electron chi connectivity index (χ0n) is 10.7. The molecule has 1 unspecified atom stereocenters. The molecule has 3 rings (SSSR count). The Labute approximate surface area is 115 Å². The Hall–Kier alpha value is -1.69. The minimum absolute atomic E-state index is 0.0589. The standard InChI is InChI=1S/C12H14ClN5O/c1-12(2)3-7(11(19)17-12)6-18-10-8(4-15-18)14-5-9(13)16-10/h4-5,7H,3,6H2,1-2H3,(H,17,19). The smallest absolute Gasteiger partial charge is 0.225 e. The van der Waals surface area contributed by atoms with Crippen LogP contribution in [0.5, 0.6) is 0 Å². The van der Waals surface area contributed by atoms with Crippen molar-refractivity contribution in [1.82, 2.24) is 25.1 Å². The highest BCUT2D eigenvalue weighted by molar-refractivity contribution is 6.29. The number of hydrogen-bond donors (Lipinski definition) is 1. The Morgan fingerprint density at radius 2 is 2.32 bits per heavy atom. The van der Waals surface area contributed by atoms with Gasteiger partial charge in [0.15, 0.2) is 5.65 Å². The van der Waals surface area contributed by atoms with Crippen molar-refractivity contribution in [3.63, 3.8) is 0 Å². The molecule has 0 saturated carbocycles. The predicted molar refractivity (Wildman–Crippen MR) is 70.7 cm³/mol. The molecule has 100 valence electrons. The molecule has 2 aromatic heterocycles. The van der Waals surface area contributed by atoms with Gasteiger partial charge in [0.2, 0.25) is 5.91 Å². The Morgan fingerprint density at radius 3 is 3.00 bits per heavy atom. The molecule has 1 fully saturated rings. The lowest BCUT2D eigenvalue weighted by Crippen LogP contribution is -2.34. The van der Waals surface area contributed by atoms with Crippen LogP contribution in [-0.4, -0.2) is 31.2 Å². The second kappa shape index (κ2) is 4.16. The van der Waals surface area contributed by atoms with Gasteiger partial charge in [-0.05, 0) is 20.3 Å². The van der Waals surface area contributed by atoms with Crippen molar-refractivity contribution in [3.8, 4) is 0 Å². The average Bonchev–Trinajstić information content (AvgIpc) is 2.81. The van der Waals surface area contributed by atoms with E-state index < -0.39 is 0 Å². The fourth-order valence-corrected chi connectivity index (χ4v) is 2.64. The lowest BCUT2D eigenvalue weighted by atomic mass is 9.97. The van der Waals surface area contributed by atoms with E-state index in [9.17, 15) is 4.79 Å². The normalized spacial score (nSPS) is 21.8. The fourth-order valence-electron chi connectivity index (χ4n) is 2.51. The molecule has 1 amide bonds. The van der Waals surface area contributed by atoms with Crippen LogP contribution in [0.25, 0.3) is 11.2 Å². The lowest BCUT2D eigenvalue weighted by Gasteiger charge is -2.16. The molecule has 6 nitrogen and oxygen atoms in total. The van der Waals surface area contributed by atoms with Gasteiger partial charge >= 0.3 is 0 Å². The zero-order chi connectivity index (χ0) is 13.6. The number of amides is 1. The second-order valence-electron chi connectivity index (χ2n) is 5.50. The summed E-state index contributed by atoms with van der Waals surface area (Å²) in [5.41, 5.74) is 1.14. The van der Waals surface area contributed by atoms with Gasteiger partial charge in [0.1, 0.15) is 10.7 Å². The molecule has 1 aliphatic rings. The number of carbonyl (C=O) groups excluding carboxylic acids is 1. The minimum atomic E-state index is -0.159. The van der Waals surface area contributed by atoms with Crippen LogP contribution in [0.3, 0.4) is 0 Å². The summed E-state index contributed by atoms with van der Waals surface area (Å²) in [5.74, 6) is -0.0393. The molecule has 3 heterocycles. The summed E-state index contributed by atoms with van der Waals surface area (Å²) in [5, 5.41) is 7.53. The van der Waals surface area contributed by atoms with Gasteiger partial charge in [-0.2, -0.15) is 5.10 Å². The molecular formula is C12H14ClN5O. The number of nitrogens with zero attached hydrogens (tertiary/aromatic N) is 4. The van der Waals surface area contributed by atoms with Gasteiger partial charge in [0, 0.05) is 5.54 Å². The topological polar surface area (TPSA) is 72.7 Å². The second-order valence-corrected chi connectivity index (χ2v) is 5.89. The van der Waals surface area contributed by atoms with E-state index in [1.807, 2.05) is 13.8 Å². The van der Waals surface area contributed by atoms with Crippen LogP contribution in [0.4, 0.5) is 0 Å². The first-order chi connectivity index (χ1) is 8.94. The Balaban J connectivity index is 1.90. The highest BCUT2D eigenvalue weighted by Gasteiger charge is 2.37. The van der Waals surface area contributed by atoms with Crippen LogP contribution >= 0.6 is 11.6 Å². The number of halogens is 1. The van der Waals surface area contributed by atoms with Crippen LogP contribution in [0.1, 0.15) is 20.3 Å². The maximum absolute atomic E-state index is 11.9. The minimum Gasteiger partial charge on any atom is -0.351 e. The van der Waals surface area contributed by atoms with Crippen molar-refractivity contribution in [2.24, 2.45) is 5.92 Å². The molecule has 1 N–H and O–H groups in total. The van der Waals surface area contributed by atoms with E-state index in [0.29, 0.717) is 22.9 Å². The van der Waals surface area contributed by atoms with Crippen molar-refractivity contribution >= 4 is 28.7 Å². The molecule has 1 aliphatic heterocycles. The van der Waals surface area contributed by atoms with Gasteiger partial charge < -0.3 is 5.32 Å². The highest BCUT2D eigenvalue weighted by atomic mass is 35.5. The average molecular weight is 280 g/mol. The van der Waals surface area contributed by atoms with E-state index in [4.69, 9.17) is 11.6 Å². The molecule has 2 aromatic rings. The number of aromatic nitrogens is 4. The van der Waals surface area contributed by atoms with Gasteiger partial charge in [-0.15, -0.1) is 0 Å². The van der Waals surface area contributed by atoms with Gasteiger partial charge in [-0.3, -0.25) is 4.79 Å². The quantitative estimate of drug-likeness (QED) is 0.902. The molecule has 0 aliphatic carbocycles. The summed E-state index contributed by atoms with van der Waals surface area (Å²) in [6.45, 7) is 4.53. The predicted octanol–water partition coefficient (Wildman–Crippen LogP) is 1.39. The molecule has 1 atom stereocenters. The van der Waals surface area contributed by atoms with E-state index in [1.165, 1.54) is 6.20 Å². The molecule has 0 aromatic carbocycles. The van der Waals surface area contributed by atoms with Gasteiger partial charge in [0.05, 0.1) is 24.9 Å². The SMILES string of the molecule is CC1(C)CC(Cn2ncc3ncc(Cl)nc32)C(=O)N1. The summed E-state index contributed by atoms with van der Waals surface area (Å²) < 4.78 is 1.69. The fraction of sp³-hybridized carbons (Fsp3) is 0.500. The van der Waals surface area contributed by atoms with E-state index in [0.717, 1.165) is 6.42 Å². The summed E-state index contributed by atoms with van der Waals surface area (Å²) in [4.78, 5) is 20.3. The van der Waals surface area contributed by atoms with Crippen LogP contribution in [0.2, 0.25) is 5.15 Å². The van der Waals surface area contributed by atoms with Gasteiger partial charge in [-0.25, -0.2) is 14.6 Å². The van der Waals surface area contributed by atoms with Crippen molar-refractivity contribution in [3.05, 3.63) is 17.5 Å².